The summed E-state index contributed by atoms with van der Waals surface area (Å²) in [6.07, 6.45) is 2.23. The predicted octanol–water partition coefficient (Wildman–Crippen LogP) is 2.95. The van der Waals surface area contributed by atoms with Crippen LogP contribution in [0.1, 0.15) is 24.5 Å². The molecule has 3 heteroatoms. The minimum atomic E-state index is 0.0217. The molecule has 21 heavy (non-hydrogen) atoms. The van der Waals surface area contributed by atoms with Crippen molar-refractivity contribution < 1.29 is 4.79 Å². The second-order valence-electron chi connectivity index (χ2n) is 5.37. The number of aryl methyl sites for hydroxylation is 1. The molecule has 0 fully saturated rings. The first-order valence-corrected chi connectivity index (χ1v) is 7.32. The van der Waals surface area contributed by atoms with E-state index < -0.39 is 0 Å². The predicted molar refractivity (Wildman–Crippen MR) is 86.9 cm³/mol. The van der Waals surface area contributed by atoms with Gasteiger partial charge in [0.1, 0.15) is 0 Å². The largest absolute Gasteiger partial charge is 0.398 e. The molecule has 0 saturated heterocycles. The van der Waals surface area contributed by atoms with Crippen LogP contribution in [-0.4, -0.2) is 11.9 Å². The first-order chi connectivity index (χ1) is 10.1. The minimum Gasteiger partial charge on any atom is -0.398 e. The topological polar surface area (TPSA) is 55.1 Å². The molecule has 0 bridgehead atoms. The molecule has 1 atom stereocenters. The highest BCUT2D eigenvalue weighted by molar-refractivity contribution is 5.80. The Hall–Kier alpha value is -2.29. The lowest BCUT2D eigenvalue weighted by Gasteiger charge is -2.14. The monoisotopic (exact) mass is 282 g/mol. The van der Waals surface area contributed by atoms with Crippen LogP contribution in [0.5, 0.6) is 0 Å². The van der Waals surface area contributed by atoms with Crippen molar-refractivity contribution in [1.82, 2.24) is 5.32 Å². The van der Waals surface area contributed by atoms with E-state index in [0.29, 0.717) is 12.1 Å². The lowest BCUT2D eigenvalue weighted by molar-refractivity contribution is -0.121. The number of carbonyl (C=O) groups is 1. The van der Waals surface area contributed by atoms with Crippen molar-refractivity contribution in [2.24, 2.45) is 0 Å². The number of amides is 1. The lowest BCUT2D eigenvalue weighted by Crippen LogP contribution is -2.34. The van der Waals surface area contributed by atoms with Gasteiger partial charge in [-0.25, -0.2) is 0 Å². The Kier molecular flexibility index (Phi) is 5.38. The van der Waals surface area contributed by atoms with Crippen molar-refractivity contribution in [2.45, 2.75) is 32.2 Å². The lowest BCUT2D eigenvalue weighted by atomic mass is 10.1. The fourth-order valence-electron chi connectivity index (χ4n) is 2.29. The quantitative estimate of drug-likeness (QED) is 0.800. The van der Waals surface area contributed by atoms with Crippen LogP contribution in [0.3, 0.4) is 0 Å². The van der Waals surface area contributed by atoms with Gasteiger partial charge in [0.15, 0.2) is 0 Å². The Balaban J connectivity index is 1.78. The van der Waals surface area contributed by atoms with Crippen LogP contribution in [0.2, 0.25) is 0 Å². The summed E-state index contributed by atoms with van der Waals surface area (Å²) in [4.78, 5) is 12.0. The van der Waals surface area contributed by atoms with Gasteiger partial charge in [0.25, 0.3) is 0 Å². The van der Waals surface area contributed by atoms with Crippen LogP contribution < -0.4 is 11.1 Å². The average Bonchev–Trinajstić information content (AvgIpc) is 2.48. The molecule has 3 nitrogen and oxygen atoms in total. The van der Waals surface area contributed by atoms with E-state index in [-0.39, 0.29) is 11.9 Å². The van der Waals surface area contributed by atoms with Crippen LogP contribution in [0.15, 0.2) is 54.6 Å². The molecule has 2 aromatic rings. The number of nitrogens with two attached hydrogens (primary N) is 1. The molecule has 0 spiro atoms. The molecule has 2 rings (SSSR count). The summed E-state index contributed by atoms with van der Waals surface area (Å²) < 4.78 is 0. The van der Waals surface area contributed by atoms with Gasteiger partial charge < -0.3 is 11.1 Å². The molecule has 0 aliphatic heterocycles. The SMILES string of the molecule is CC(CCc1ccccc1)NC(=O)Cc1ccccc1N. The first kappa shape index (κ1) is 15.1. The molecule has 1 amide bonds. The molecule has 1 unspecified atom stereocenters. The standard InChI is InChI=1S/C18H22N2O/c1-14(11-12-15-7-3-2-4-8-15)20-18(21)13-16-9-5-6-10-17(16)19/h2-10,14H,11-13,19H2,1H3,(H,20,21). The third-order valence-electron chi connectivity index (χ3n) is 3.52. The van der Waals surface area contributed by atoms with Gasteiger partial charge in [0.05, 0.1) is 6.42 Å². The first-order valence-electron chi connectivity index (χ1n) is 7.32. The van der Waals surface area contributed by atoms with Gasteiger partial charge in [0, 0.05) is 11.7 Å². The van der Waals surface area contributed by atoms with Crippen molar-refractivity contribution in [3.8, 4) is 0 Å². The maximum atomic E-state index is 12.0. The second-order valence-corrected chi connectivity index (χ2v) is 5.37. The number of nitrogens with one attached hydrogen (secondary N) is 1. The Bertz CT molecular complexity index is 581. The second kappa shape index (κ2) is 7.48. The van der Waals surface area contributed by atoms with Gasteiger partial charge >= 0.3 is 0 Å². The molecular weight excluding hydrogens is 260 g/mol. The minimum absolute atomic E-state index is 0.0217. The number of anilines is 1. The van der Waals surface area contributed by atoms with Crippen LogP contribution >= 0.6 is 0 Å². The highest BCUT2D eigenvalue weighted by atomic mass is 16.1. The third-order valence-corrected chi connectivity index (χ3v) is 3.52. The summed E-state index contributed by atoms with van der Waals surface area (Å²) in [7, 11) is 0. The Morgan fingerprint density at radius 1 is 1.10 bits per heavy atom. The summed E-state index contributed by atoms with van der Waals surface area (Å²) in [6.45, 7) is 2.04. The number of hydrogen-bond acceptors (Lipinski definition) is 2. The summed E-state index contributed by atoms with van der Waals surface area (Å²) in [5, 5.41) is 3.03. The Morgan fingerprint density at radius 2 is 1.76 bits per heavy atom. The molecule has 2 aromatic carbocycles. The number of carbonyl (C=O) groups excluding carboxylic acids is 1. The van der Waals surface area contributed by atoms with Crippen molar-refractivity contribution in [3.63, 3.8) is 0 Å². The van der Waals surface area contributed by atoms with Crippen molar-refractivity contribution in [3.05, 3.63) is 65.7 Å². The van der Waals surface area contributed by atoms with Crippen LogP contribution in [0.25, 0.3) is 0 Å². The van der Waals surface area contributed by atoms with Gasteiger partial charge in [-0.1, -0.05) is 48.5 Å². The molecule has 3 N–H and O–H groups in total. The Morgan fingerprint density at radius 3 is 2.48 bits per heavy atom. The summed E-state index contributed by atoms with van der Waals surface area (Å²) in [5.41, 5.74) is 8.70. The fraction of sp³-hybridized carbons (Fsp3) is 0.278. The van der Waals surface area contributed by atoms with E-state index in [1.165, 1.54) is 5.56 Å². The highest BCUT2D eigenvalue weighted by Crippen LogP contribution is 2.11. The molecule has 110 valence electrons. The zero-order chi connectivity index (χ0) is 15.1. The highest BCUT2D eigenvalue weighted by Gasteiger charge is 2.09. The van der Waals surface area contributed by atoms with Crippen LogP contribution in [-0.2, 0) is 17.6 Å². The fourth-order valence-corrected chi connectivity index (χ4v) is 2.29. The van der Waals surface area contributed by atoms with Crippen molar-refractivity contribution in [1.29, 1.82) is 0 Å². The maximum Gasteiger partial charge on any atom is 0.224 e. The number of nitrogen functional groups attached to an aromatic ring is 1. The van der Waals surface area contributed by atoms with Gasteiger partial charge in [-0.3, -0.25) is 4.79 Å². The average molecular weight is 282 g/mol. The molecule has 0 aromatic heterocycles. The molecule has 0 aliphatic rings. The van der Waals surface area contributed by atoms with Gasteiger partial charge in [-0.05, 0) is 37.0 Å². The van der Waals surface area contributed by atoms with Crippen LogP contribution in [0, 0.1) is 0 Å². The van der Waals surface area contributed by atoms with E-state index >= 15 is 0 Å². The van der Waals surface area contributed by atoms with Crippen molar-refractivity contribution >= 4 is 11.6 Å². The van der Waals surface area contributed by atoms with E-state index in [0.717, 1.165) is 18.4 Å². The third kappa shape index (κ3) is 4.95. The molecular formula is C18H22N2O. The van der Waals surface area contributed by atoms with Crippen molar-refractivity contribution in [2.75, 3.05) is 5.73 Å². The summed E-state index contributed by atoms with van der Waals surface area (Å²) >= 11 is 0. The van der Waals surface area contributed by atoms with E-state index in [1.807, 2.05) is 49.4 Å². The zero-order valence-electron chi connectivity index (χ0n) is 12.4. The van der Waals surface area contributed by atoms with Gasteiger partial charge in [-0.15, -0.1) is 0 Å². The molecule has 0 radical (unpaired) electrons. The smallest absolute Gasteiger partial charge is 0.224 e. The summed E-state index contributed by atoms with van der Waals surface area (Å²) in [6, 6.07) is 18.0. The molecule has 0 heterocycles. The Labute approximate surface area is 126 Å². The number of benzene rings is 2. The number of para-hydroxylation sites is 1. The van der Waals surface area contributed by atoms with E-state index in [1.54, 1.807) is 0 Å². The van der Waals surface area contributed by atoms with E-state index in [9.17, 15) is 4.79 Å². The normalized spacial score (nSPS) is 11.9. The maximum absolute atomic E-state index is 12.0. The molecule has 0 aliphatic carbocycles. The summed E-state index contributed by atoms with van der Waals surface area (Å²) in [5.74, 6) is 0.0217. The van der Waals surface area contributed by atoms with E-state index in [4.69, 9.17) is 5.73 Å². The zero-order valence-corrected chi connectivity index (χ0v) is 12.4. The van der Waals surface area contributed by atoms with E-state index in [2.05, 4.69) is 17.4 Å². The number of rotatable bonds is 6. The van der Waals surface area contributed by atoms with Gasteiger partial charge in [-0.2, -0.15) is 0 Å². The molecule has 0 saturated carbocycles. The number of hydrogen-bond donors (Lipinski definition) is 2. The van der Waals surface area contributed by atoms with Gasteiger partial charge in [0.2, 0.25) is 5.91 Å². The van der Waals surface area contributed by atoms with Crippen LogP contribution in [0.4, 0.5) is 5.69 Å².